The second-order valence-electron chi connectivity index (χ2n) is 9.78. The summed E-state index contributed by atoms with van der Waals surface area (Å²) < 4.78 is 45.3. The molecule has 4 rings (SSSR count). The number of rotatable bonds is 5. The molecule has 0 saturated carbocycles. The second kappa shape index (κ2) is 10.1. The number of morpholine rings is 1. The molecule has 3 aliphatic heterocycles. The lowest BCUT2D eigenvalue weighted by atomic mass is 9.82. The van der Waals surface area contributed by atoms with Gasteiger partial charge in [0.05, 0.1) is 37.3 Å². The van der Waals surface area contributed by atoms with E-state index in [0.717, 1.165) is 11.8 Å². The van der Waals surface area contributed by atoms with Crippen molar-refractivity contribution in [3.8, 4) is 0 Å². The number of piperazine rings is 1. The number of carbonyl (C=O) groups is 2. The molecule has 10 heteroatoms. The highest BCUT2D eigenvalue weighted by molar-refractivity contribution is 5.82. The van der Waals surface area contributed by atoms with Gasteiger partial charge in [0.1, 0.15) is 0 Å². The van der Waals surface area contributed by atoms with Crippen LogP contribution < -0.4 is 10.2 Å². The molecule has 188 valence electrons. The van der Waals surface area contributed by atoms with Gasteiger partial charge >= 0.3 is 6.18 Å². The van der Waals surface area contributed by atoms with Crippen LogP contribution in [0.25, 0.3) is 0 Å². The lowest BCUT2D eigenvalue weighted by Crippen LogP contribution is -2.62. The number of hydrogen-bond donors (Lipinski definition) is 1. The molecule has 3 heterocycles. The van der Waals surface area contributed by atoms with Crippen LogP contribution in [0.15, 0.2) is 18.2 Å². The van der Waals surface area contributed by atoms with Gasteiger partial charge < -0.3 is 19.9 Å². The molecule has 34 heavy (non-hydrogen) atoms. The van der Waals surface area contributed by atoms with Gasteiger partial charge in [-0.1, -0.05) is 13.8 Å². The molecule has 0 bridgehead atoms. The van der Waals surface area contributed by atoms with E-state index in [1.807, 2.05) is 13.8 Å². The fourth-order valence-corrected chi connectivity index (χ4v) is 5.04. The number of anilines is 1. The van der Waals surface area contributed by atoms with Crippen LogP contribution in [-0.4, -0.2) is 86.7 Å². The molecule has 2 fully saturated rings. The van der Waals surface area contributed by atoms with Gasteiger partial charge in [0.15, 0.2) is 0 Å². The Bertz CT molecular complexity index is 902. The fraction of sp³-hybridized carbons (Fsp3) is 0.667. The van der Waals surface area contributed by atoms with Crippen LogP contribution in [-0.2, 0) is 26.9 Å². The van der Waals surface area contributed by atoms with E-state index >= 15 is 0 Å². The summed E-state index contributed by atoms with van der Waals surface area (Å²) in [5.74, 6) is -0.325. The van der Waals surface area contributed by atoms with Crippen molar-refractivity contribution in [3.05, 3.63) is 29.3 Å². The summed E-state index contributed by atoms with van der Waals surface area (Å²) >= 11 is 0. The normalized spacial score (nSPS) is 23.5. The number of benzene rings is 1. The van der Waals surface area contributed by atoms with Gasteiger partial charge in [-0.25, -0.2) is 0 Å². The molecule has 2 saturated heterocycles. The summed E-state index contributed by atoms with van der Waals surface area (Å²) in [5, 5.41) is 2.97. The van der Waals surface area contributed by atoms with E-state index in [2.05, 4.69) is 15.1 Å². The first-order chi connectivity index (χ1) is 16.1. The SMILES string of the molecule is CC(C)CNC(=O)[C@H]1Cc2cc(C(F)(F)F)ccc2N2CCN(CC(=O)N3CCOCC3)C[C@@H]12. The van der Waals surface area contributed by atoms with Crippen LogP contribution in [0.2, 0.25) is 0 Å². The topological polar surface area (TPSA) is 65.1 Å². The zero-order chi connectivity index (χ0) is 24.5. The number of halogens is 3. The second-order valence-corrected chi connectivity index (χ2v) is 9.78. The molecule has 0 radical (unpaired) electrons. The molecule has 0 aliphatic carbocycles. The quantitative estimate of drug-likeness (QED) is 0.696. The smallest absolute Gasteiger partial charge is 0.378 e. The first kappa shape index (κ1) is 24.8. The first-order valence-electron chi connectivity index (χ1n) is 12.0. The van der Waals surface area contributed by atoms with Crippen LogP contribution in [0.1, 0.15) is 25.0 Å². The monoisotopic (exact) mass is 482 g/mol. The molecular weight excluding hydrogens is 449 g/mol. The number of fused-ring (bicyclic) bond motifs is 3. The van der Waals surface area contributed by atoms with Crippen molar-refractivity contribution in [1.82, 2.24) is 15.1 Å². The Hall–Kier alpha value is -2.33. The minimum absolute atomic E-state index is 0.0450. The van der Waals surface area contributed by atoms with Crippen molar-refractivity contribution in [1.29, 1.82) is 0 Å². The molecule has 7 nitrogen and oxygen atoms in total. The van der Waals surface area contributed by atoms with Gasteiger partial charge in [-0.3, -0.25) is 14.5 Å². The average Bonchev–Trinajstić information content (AvgIpc) is 2.81. The maximum absolute atomic E-state index is 13.3. The fourth-order valence-electron chi connectivity index (χ4n) is 5.04. The van der Waals surface area contributed by atoms with Crippen molar-refractivity contribution in [2.24, 2.45) is 11.8 Å². The number of alkyl halides is 3. The van der Waals surface area contributed by atoms with Crippen molar-refractivity contribution in [3.63, 3.8) is 0 Å². The van der Waals surface area contributed by atoms with Crippen LogP contribution in [0.4, 0.5) is 18.9 Å². The molecule has 2 amide bonds. The maximum Gasteiger partial charge on any atom is 0.416 e. The highest BCUT2D eigenvalue weighted by Gasteiger charge is 2.43. The molecule has 2 atom stereocenters. The molecular formula is C24H33F3N4O3. The van der Waals surface area contributed by atoms with Crippen molar-refractivity contribution in [2.75, 3.05) is 63.9 Å². The Morgan fingerprint density at radius 1 is 1.15 bits per heavy atom. The maximum atomic E-state index is 13.3. The minimum atomic E-state index is -4.43. The summed E-state index contributed by atoms with van der Waals surface area (Å²) in [7, 11) is 0. The van der Waals surface area contributed by atoms with E-state index in [1.165, 1.54) is 12.1 Å². The molecule has 3 aliphatic rings. The summed E-state index contributed by atoms with van der Waals surface area (Å²) in [6.45, 7) is 8.68. The highest BCUT2D eigenvalue weighted by atomic mass is 19.4. The third-order valence-corrected chi connectivity index (χ3v) is 6.87. The average molecular weight is 483 g/mol. The molecule has 1 aromatic carbocycles. The number of ether oxygens (including phenoxy) is 1. The van der Waals surface area contributed by atoms with E-state index in [9.17, 15) is 22.8 Å². The van der Waals surface area contributed by atoms with Gasteiger partial charge in [-0.15, -0.1) is 0 Å². The van der Waals surface area contributed by atoms with Crippen LogP contribution in [0.3, 0.4) is 0 Å². The van der Waals surface area contributed by atoms with E-state index < -0.39 is 17.7 Å². The molecule has 1 N–H and O–H groups in total. The lowest BCUT2D eigenvalue weighted by molar-refractivity contribution is -0.138. The lowest BCUT2D eigenvalue weighted by Gasteiger charge is -2.49. The number of carbonyl (C=O) groups excluding carboxylic acids is 2. The van der Waals surface area contributed by atoms with Gasteiger partial charge in [0, 0.05) is 45.0 Å². The van der Waals surface area contributed by atoms with Gasteiger partial charge in [-0.2, -0.15) is 13.2 Å². The zero-order valence-corrected chi connectivity index (χ0v) is 19.7. The van der Waals surface area contributed by atoms with Gasteiger partial charge in [-0.05, 0) is 36.1 Å². The highest BCUT2D eigenvalue weighted by Crippen LogP contribution is 2.39. The van der Waals surface area contributed by atoms with Gasteiger partial charge in [0.25, 0.3) is 0 Å². The summed E-state index contributed by atoms with van der Waals surface area (Å²) in [6, 6.07) is 3.62. The number of hydrogen-bond acceptors (Lipinski definition) is 5. The van der Waals surface area contributed by atoms with Crippen molar-refractivity contribution >= 4 is 17.5 Å². The molecule has 1 aromatic rings. The number of amides is 2. The summed E-state index contributed by atoms with van der Waals surface area (Å²) in [4.78, 5) is 31.9. The minimum Gasteiger partial charge on any atom is -0.378 e. The molecule has 0 spiro atoms. The summed E-state index contributed by atoms with van der Waals surface area (Å²) in [5.41, 5.74) is 0.611. The van der Waals surface area contributed by atoms with E-state index in [0.29, 0.717) is 58.0 Å². The number of nitrogens with one attached hydrogen (secondary N) is 1. The largest absolute Gasteiger partial charge is 0.416 e. The Kier molecular flexibility index (Phi) is 7.37. The van der Waals surface area contributed by atoms with E-state index in [4.69, 9.17) is 4.74 Å². The van der Waals surface area contributed by atoms with Crippen LogP contribution in [0.5, 0.6) is 0 Å². The van der Waals surface area contributed by atoms with Crippen LogP contribution in [0, 0.1) is 11.8 Å². The third kappa shape index (κ3) is 5.49. The Labute approximate surface area is 198 Å². The van der Waals surface area contributed by atoms with Crippen molar-refractivity contribution in [2.45, 2.75) is 32.5 Å². The van der Waals surface area contributed by atoms with Crippen molar-refractivity contribution < 1.29 is 27.5 Å². The third-order valence-electron chi connectivity index (χ3n) is 6.87. The standard InChI is InChI=1S/C24H33F3N4O3/c1-16(2)13-28-23(33)19-12-17-11-18(24(25,26)27)3-4-20(17)31-6-5-29(14-21(19)31)15-22(32)30-7-9-34-10-8-30/h3-4,11,16,19,21H,5-10,12-15H2,1-2H3,(H,28,33)/t19-,21-/m0/s1. The van der Waals surface area contributed by atoms with Gasteiger partial charge in [0.2, 0.25) is 11.8 Å². The number of nitrogens with zero attached hydrogens (tertiary/aromatic N) is 3. The summed E-state index contributed by atoms with van der Waals surface area (Å²) in [6.07, 6.45) is -4.19. The predicted octanol–water partition coefficient (Wildman–Crippen LogP) is 2.00. The van der Waals surface area contributed by atoms with E-state index in [-0.39, 0.29) is 36.7 Å². The Balaban J connectivity index is 1.54. The zero-order valence-electron chi connectivity index (χ0n) is 19.7. The Morgan fingerprint density at radius 3 is 2.56 bits per heavy atom. The molecule has 0 unspecified atom stereocenters. The Morgan fingerprint density at radius 2 is 1.88 bits per heavy atom. The van der Waals surface area contributed by atoms with E-state index in [1.54, 1.807) is 4.90 Å². The molecule has 0 aromatic heterocycles. The van der Waals surface area contributed by atoms with Crippen LogP contribution >= 0.6 is 0 Å². The first-order valence-corrected chi connectivity index (χ1v) is 12.0. The predicted molar refractivity (Wildman–Crippen MR) is 121 cm³/mol.